The van der Waals surface area contributed by atoms with E-state index >= 15 is 0 Å². The Balaban J connectivity index is 2.50. The van der Waals surface area contributed by atoms with Gasteiger partial charge in [-0.2, -0.15) is 0 Å². The second kappa shape index (κ2) is 6.54. The number of rotatable bonds is 6. The molecule has 0 spiro atoms. The van der Waals surface area contributed by atoms with Gasteiger partial charge in [0.2, 0.25) is 0 Å². The molecular formula is C14H23NO. The van der Waals surface area contributed by atoms with Gasteiger partial charge in [-0.25, -0.2) is 0 Å². The van der Waals surface area contributed by atoms with Crippen molar-refractivity contribution in [2.45, 2.75) is 39.7 Å². The van der Waals surface area contributed by atoms with Gasteiger partial charge in [0.15, 0.2) is 0 Å². The Morgan fingerprint density at radius 2 is 2.06 bits per heavy atom. The van der Waals surface area contributed by atoms with Crippen LogP contribution in [0.15, 0.2) is 24.3 Å². The minimum atomic E-state index is 0.0663. The Bertz CT molecular complexity index is 309. The molecule has 0 bridgehead atoms. The summed E-state index contributed by atoms with van der Waals surface area (Å²) in [6.45, 7) is 7.20. The molecule has 0 saturated carbocycles. The Morgan fingerprint density at radius 1 is 1.31 bits per heavy atom. The third-order valence-corrected chi connectivity index (χ3v) is 2.70. The van der Waals surface area contributed by atoms with Gasteiger partial charge in [-0.3, -0.25) is 0 Å². The summed E-state index contributed by atoms with van der Waals surface area (Å²) < 4.78 is 5.76. The van der Waals surface area contributed by atoms with Crippen molar-refractivity contribution >= 4 is 0 Å². The van der Waals surface area contributed by atoms with Crippen LogP contribution >= 0.6 is 0 Å². The van der Waals surface area contributed by atoms with Crippen LogP contribution in [0.5, 0.6) is 5.75 Å². The average molecular weight is 221 g/mol. The van der Waals surface area contributed by atoms with Gasteiger partial charge < -0.3 is 10.5 Å². The summed E-state index contributed by atoms with van der Waals surface area (Å²) >= 11 is 0. The number of benzene rings is 1. The molecule has 1 aromatic carbocycles. The molecule has 16 heavy (non-hydrogen) atoms. The molecule has 0 aliphatic rings. The molecule has 1 rings (SSSR count). The molecule has 2 atom stereocenters. The van der Waals surface area contributed by atoms with E-state index in [0.29, 0.717) is 5.92 Å². The van der Waals surface area contributed by atoms with Crippen molar-refractivity contribution in [1.29, 1.82) is 0 Å². The lowest BCUT2D eigenvalue weighted by Gasteiger charge is -2.13. The highest BCUT2D eigenvalue weighted by Gasteiger charge is 2.04. The van der Waals surface area contributed by atoms with E-state index in [4.69, 9.17) is 10.5 Å². The van der Waals surface area contributed by atoms with Crippen LogP contribution in [0.25, 0.3) is 0 Å². The summed E-state index contributed by atoms with van der Waals surface area (Å²) in [4.78, 5) is 0. The van der Waals surface area contributed by atoms with Gasteiger partial charge in [-0.15, -0.1) is 0 Å². The fourth-order valence-corrected chi connectivity index (χ4v) is 1.70. The van der Waals surface area contributed by atoms with Crippen molar-refractivity contribution in [2.24, 2.45) is 11.7 Å². The molecule has 0 aliphatic heterocycles. The zero-order valence-corrected chi connectivity index (χ0v) is 10.6. The van der Waals surface area contributed by atoms with Crippen molar-refractivity contribution in [3.63, 3.8) is 0 Å². The Labute approximate surface area is 98.8 Å². The van der Waals surface area contributed by atoms with Crippen LogP contribution in [0.2, 0.25) is 0 Å². The van der Waals surface area contributed by atoms with Crippen LogP contribution in [0, 0.1) is 5.92 Å². The lowest BCUT2D eigenvalue weighted by atomic mass is 10.1. The van der Waals surface area contributed by atoms with Crippen LogP contribution in [0.1, 0.15) is 45.2 Å². The van der Waals surface area contributed by atoms with Gasteiger partial charge in [0.1, 0.15) is 5.75 Å². The molecule has 0 amide bonds. The fourth-order valence-electron chi connectivity index (χ4n) is 1.70. The molecule has 0 fully saturated rings. The Hall–Kier alpha value is -1.02. The van der Waals surface area contributed by atoms with E-state index in [1.165, 1.54) is 12.8 Å². The molecule has 0 heterocycles. The summed E-state index contributed by atoms with van der Waals surface area (Å²) in [6.07, 6.45) is 2.43. The van der Waals surface area contributed by atoms with Crippen molar-refractivity contribution in [2.75, 3.05) is 6.61 Å². The number of ether oxygens (including phenoxy) is 1. The van der Waals surface area contributed by atoms with Crippen LogP contribution in [0.3, 0.4) is 0 Å². The highest BCUT2D eigenvalue weighted by Crippen LogP contribution is 2.18. The molecule has 0 radical (unpaired) electrons. The third kappa shape index (κ3) is 4.23. The summed E-state index contributed by atoms with van der Waals surface area (Å²) in [6, 6.07) is 8.12. The zero-order valence-electron chi connectivity index (χ0n) is 10.6. The minimum absolute atomic E-state index is 0.0663. The molecule has 2 heteroatoms. The van der Waals surface area contributed by atoms with E-state index in [0.717, 1.165) is 17.9 Å². The SMILES string of the molecule is CCCC(C)COc1cccc(C(C)N)c1. The second-order valence-electron chi connectivity index (χ2n) is 4.57. The topological polar surface area (TPSA) is 35.2 Å². The predicted molar refractivity (Wildman–Crippen MR) is 68.6 cm³/mol. The Morgan fingerprint density at radius 3 is 2.69 bits per heavy atom. The van der Waals surface area contributed by atoms with Crippen molar-refractivity contribution < 1.29 is 4.74 Å². The van der Waals surface area contributed by atoms with Crippen LogP contribution in [-0.2, 0) is 0 Å². The maximum atomic E-state index is 5.83. The van der Waals surface area contributed by atoms with Gasteiger partial charge in [0, 0.05) is 6.04 Å². The van der Waals surface area contributed by atoms with E-state index in [1.54, 1.807) is 0 Å². The van der Waals surface area contributed by atoms with Crippen LogP contribution in [-0.4, -0.2) is 6.61 Å². The third-order valence-electron chi connectivity index (χ3n) is 2.70. The largest absolute Gasteiger partial charge is 0.493 e. The lowest BCUT2D eigenvalue weighted by Crippen LogP contribution is -2.09. The maximum Gasteiger partial charge on any atom is 0.119 e. The van der Waals surface area contributed by atoms with Crippen molar-refractivity contribution in [1.82, 2.24) is 0 Å². The summed E-state index contributed by atoms with van der Waals surface area (Å²) in [5, 5.41) is 0. The monoisotopic (exact) mass is 221 g/mol. The van der Waals surface area contributed by atoms with Crippen LogP contribution in [0.4, 0.5) is 0 Å². The Kier molecular flexibility index (Phi) is 5.33. The lowest BCUT2D eigenvalue weighted by molar-refractivity contribution is 0.251. The van der Waals surface area contributed by atoms with Gasteiger partial charge in [0.05, 0.1) is 6.61 Å². The number of hydrogen-bond acceptors (Lipinski definition) is 2. The first-order valence-electron chi connectivity index (χ1n) is 6.11. The van der Waals surface area contributed by atoms with E-state index in [-0.39, 0.29) is 6.04 Å². The predicted octanol–water partition coefficient (Wildman–Crippen LogP) is 3.52. The summed E-state index contributed by atoms with van der Waals surface area (Å²) in [7, 11) is 0. The van der Waals surface area contributed by atoms with Crippen LogP contribution < -0.4 is 10.5 Å². The van der Waals surface area contributed by atoms with E-state index < -0.39 is 0 Å². The first-order chi connectivity index (χ1) is 7.63. The quantitative estimate of drug-likeness (QED) is 0.797. The van der Waals surface area contributed by atoms with Gasteiger partial charge >= 0.3 is 0 Å². The minimum Gasteiger partial charge on any atom is -0.493 e. The van der Waals surface area contributed by atoms with Crippen molar-refractivity contribution in [3.05, 3.63) is 29.8 Å². The molecule has 90 valence electrons. The van der Waals surface area contributed by atoms with Gasteiger partial charge in [-0.05, 0) is 37.0 Å². The maximum absolute atomic E-state index is 5.83. The molecular weight excluding hydrogens is 198 g/mol. The van der Waals surface area contributed by atoms with E-state index in [2.05, 4.69) is 13.8 Å². The summed E-state index contributed by atoms with van der Waals surface area (Å²) in [5.41, 5.74) is 6.96. The standard InChI is InChI=1S/C14H23NO/c1-4-6-11(2)10-16-14-8-5-7-13(9-14)12(3)15/h5,7-9,11-12H,4,6,10,15H2,1-3H3. The average Bonchev–Trinajstić information content (AvgIpc) is 2.27. The van der Waals surface area contributed by atoms with Crippen molar-refractivity contribution in [3.8, 4) is 5.75 Å². The first-order valence-corrected chi connectivity index (χ1v) is 6.11. The molecule has 0 aromatic heterocycles. The number of hydrogen-bond donors (Lipinski definition) is 1. The van der Waals surface area contributed by atoms with E-state index in [9.17, 15) is 0 Å². The number of nitrogens with two attached hydrogens (primary N) is 1. The molecule has 0 saturated heterocycles. The fraction of sp³-hybridized carbons (Fsp3) is 0.571. The molecule has 0 aliphatic carbocycles. The zero-order chi connectivity index (χ0) is 12.0. The van der Waals surface area contributed by atoms with Gasteiger partial charge in [-0.1, -0.05) is 32.4 Å². The first kappa shape index (κ1) is 13.0. The molecule has 2 N–H and O–H groups in total. The smallest absolute Gasteiger partial charge is 0.119 e. The van der Waals surface area contributed by atoms with Gasteiger partial charge in [0.25, 0.3) is 0 Å². The molecule has 2 nitrogen and oxygen atoms in total. The second-order valence-corrected chi connectivity index (χ2v) is 4.57. The summed E-state index contributed by atoms with van der Waals surface area (Å²) in [5.74, 6) is 1.54. The highest BCUT2D eigenvalue weighted by molar-refractivity contribution is 5.30. The molecule has 2 unspecified atom stereocenters. The normalized spacial score (nSPS) is 14.5. The molecule has 1 aromatic rings. The van der Waals surface area contributed by atoms with E-state index in [1.807, 2.05) is 31.2 Å². The highest BCUT2D eigenvalue weighted by atomic mass is 16.5.